The van der Waals surface area contributed by atoms with Crippen LogP contribution in [0.25, 0.3) is 0 Å². The molecule has 0 unspecified atom stereocenters. The Hall–Kier alpha value is -4.36. The standard InChI is InChI=1S/C60H102N2O24/c1-57(2,3)84-52(64)15-12-20-83-60(47-81-22-17-53(65)85-58(4,5)6,48-82-23-18-54(66)86-59(7,8)9)61-51(63)16-21-69-25-27-71-29-31-73-33-35-75-37-39-77-41-43-79-45-46-80-44-42-78-40-38-76-36-34-74-32-30-72-28-26-70-24-19-62-55(67)49-13-10-11-14-50(49)56(62)68/h10-11,13-14H,12,15-48H2,1-9H3,(H,61,63). The van der Waals surface area contributed by atoms with E-state index in [1.165, 1.54) is 4.90 Å². The molecule has 0 spiro atoms. The van der Waals surface area contributed by atoms with E-state index >= 15 is 0 Å². The molecule has 1 aliphatic heterocycles. The quantitative estimate of drug-likeness (QED) is 0.0312. The number of esters is 3. The molecule has 0 saturated heterocycles. The van der Waals surface area contributed by atoms with Gasteiger partial charge in [0.15, 0.2) is 5.72 Å². The van der Waals surface area contributed by atoms with Crippen LogP contribution in [0.4, 0.5) is 0 Å². The fraction of sp³-hybridized carbons (Fsp3) is 0.800. The number of ether oxygens (including phenoxy) is 18. The molecular formula is C60H102N2O24. The van der Waals surface area contributed by atoms with E-state index in [1.807, 2.05) is 0 Å². The molecule has 0 fully saturated rings. The minimum Gasteiger partial charge on any atom is -0.460 e. The largest absolute Gasteiger partial charge is 0.460 e. The van der Waals surface area contributed by atoms with Crippen LogP contribution in [-0.2, 0) is 104 Å². The Kier molecular flexibility index (Phi) is 42.2. The van der Waals surface area contributed by atoms with E-state index in [0.717, 1.165) is 0 Å². The van der Waals surface area contributed by atoms with Gasteiger partial charge in [-0.2, -0.15) is 0 Å². The lowest BCUT2D eigenvalue weighted by molar-refractivity contribution is -0.173. The average Bonchev–Trinajstić information content (AvgIpc) is 3.89. The van der Waals surface area contributed by atoms with Crippen molar-refractivity contribution in [2.24, 2.45) is 0 Å². The second kappa shape index (κ2) is 46.7. The van der Waals surface area contributed by atoms with E-state index in [4.69, 9.17) is 85.3 Å². The van der Waals surface area contributed by atoms with Crippen molar-refractivity contribution >= 4 is 35.6 Å². The van der Waals surface area contributed by atoms with E-state index in [2.05, 4.69) is 5.32 Å². The Labute approximate surface area is 508 Å². The summed E-state index contributed by atoms with van der Waals surface area (Å²) in [5, 5.41) is 2.86. The number of nitrogens with one attached hydrogen (secondary N) is 1. The summed E-state index contributed by atoms with van der Waals surface area (Å²) in [7, 11) is 0. The molecule has 0 aliphatic carbocycles. The van der Waals surface area contributed by atoms with Crippen LogP contribution in [0.3, 0.4) is 0 Å². The van der Waals surface area contributed by atoms with E-state index in [-0.39, 0.29) is 110 Å². The SMILES string of the molecule is CC(C)(C)OC(=O)CCCOC(COCCC(=O)OC(C)(C)C)(COCCC(=O)OC(C)(C)C)NC(=O)CCOCCOCCOCCOCCOCCOCCOCCOCCOCCOCCOCCOCCN1C(=O)c2ccccc2C1=O. The smallest absolute Gasteiger partial charge is 0.308 e. The molecule has 1 aliphatic rings. The van der Waals surface area contributed by atoms with Gasteiger partial charge in [0, 0.05) is 6.42 Å². The number of imide groups is 1. The van der Waals surface area contributed by atoms with Gasteiger partial charge in [0.1, 0.15) is 16.8 Å². The monoisotopic (exact) mass is 1230 g/mol. The minimum atomic E-state index is -1.57. The number of benzene rings is 1. The van der Waals surface area contributed by atoms with Gasteiger partial charge in [-0.05, 0) is 80.9 Å². The Morgan fingerprint density at radius 1 is 0.360 bits per heavy atom. The maximum Gasteiger partial charge on any atom is 0.308 e. The lowest BCUT2D eigenvalue weighted by Crippen LogP contribution is -2.57. The molecule has 0 radical (unpaired) electrons. The topological polar surface area (TPSA) is 284 Å². The predicted octanol–water partition coefficient (Wildman–Crippen LogP) is 4.32. The number of nitrogens with zero attached hydrogens (tertiary/aromatic N) is 1. The van der Waals surface area contributed by atoms with Crippen LogP contribution in [0.1, 0.15) is 115 Å². The Balaban J connectivity index is 1.42. The summed E-state index contributed by atoms with van der Waals surface area (Å²) < 4.78 is 101. The van der Waals surface area contributed by atoms with Crippen LogP contribution in [-0.4, -0.2) is 261 Å². The normalized spacial score (nSPS) is 12.9. The summed E-state index contributed by atoms with van der Waals surface area (Å²) in [5.74, 6) is -2.36. The zero-order valence-electron chi connectivity index (χ0n) is 52.8. The highest BCUT2D eigenvalue weighted by Crippen LogP contribution is 2.22. The number of hydrogen-bond donors (Lipinski definition) is 1. The van der Waals surface area contributed by atoms with Crippen molar-refractivity contribution in [1.82, 2.24) is 10.2 Å². The third-order valence-corrected chi connectivity index (χ3v) is 11.0. The Morgan fingerprint density at radius 2 is 0.640 bits per heavy atom. The van der Waals surface area contributed by atoms with Crippen molar-refractivity contribution in [3.63, 3.8) is 0 Å². The lowest BCUT2D eigenvalue weighted by atomic mass is 10.1. The van der Waals surface area contributed by atoms with Crippen molar-refractivity contribution in [1.29, 1.82) is 0 Å². The van der Waals surface area contributed by atoms with E-state index in [0.29, 0.717) is 143 Å². The number of carbonyl (C=O) groups is 6. The highest BCUT2D eigenvalue weighted by atomic mass is 16.6. The first-order chi connectivity index (χ1) is 41.1. The lowest BCUT2D eigenvalue weighted by Gasteiger charge is -2.34. The molecule has 1 aromatic rings. The number of carbonyl (C=O) groups excluding carboxylic acids is 6. The van der Waals surface area contributed by atoms with Crippen LogP contribution in [0.5, 0.6) is 0 Å². The third-order valence-electron chi connectivity index (χ3n) is 11.0. The van der Waals surface area contributed by atoms with Gasteiger partial charge in [-0.1, -0.05) is 12.1 Å². The van der Waals surface area contributed by atoms with Gasteiger partial charge in [-0.3, -0.25) is 33.7 Å². The molecule has 1 N–H and O–H groups in total. The van der Waals surface area contributed by atoms with Crippen molar-refractivity contribution in [3.05, 3.63) is 35.4 Å². The summed E-state index contributed by atoms with van der Waals surface area (Å²) in [6.07, 6.45) is 0.151. The molecule has 0 saturated carbocycles. The highest BCUT2D eigenvalue weighted by molar-refractivity contribution is 6.21. The molecule has 26 nitrogen and oxygen atoms in total. The van der Waals surface area contributed by atoms with Gasteiger partial charge in [0.2, 0.25) is 5.91 Å². The van der Waals surface area contributed by atoms with Crippen molar-refractivity contribution < 1.29 is 114 Å². The molecule has 86 heavy (non-hydrogen) atoms. The van der Waals surface area contributed by atoms with Gasteiger partial charge < -0.3 is 90.6 Å². The van der Waals surface area contributed by atoms with Gasteiger partial charge >= 0.3 is 17.9 Å². The van der Waals surface area contributed by atoms with Gasteiger partial charge in [-0.25, -0.2) is 0 Å². The molecule has 2 rings (SSSR count). The molecule has 1 aromatic carbocycles. The molecule has 0 atom stereocenters. The first-order valence-corrected chi connectivity index (χ1v) is 29.7. The van der Waals surface area contributed by atoms with Gasteiger partial charge in [-0.15, -0.1) is 0 Å². The average molecular weight is 1240 g/mol. The number of hydrogen-bond acceptors (Lipinski definition) is 24. The van der Waals surface area contributed by atoms with Crippen LogP contribution in [0, 0.1) is 0 Å². The summed E-state index contributed by atoms with van der Waals surface area (Å²) >= 11 is 0. The molecule has 0 bridgehead atoms. The molecule has 0 aromatic heterocycles. The van der Waals surface area contributed by atoms with Gasteiger partial charge in [0.05, 0.1) is 229 Å². The number of amides is 3. The second-order valence-corrected chi connectivity index (χ2v) is 22.3. The summed E-state index contributed by atoms with van der Waals surface area (Å²) in [4.78, 5) is 76.5. The summed E-state index contributed by atoms with van der Waals surface area (Å²) in [6.45, 7) is 24.6. The zero-order valence-corrected chi connectivity index (χ0v) is 52.8. The highest BCUT2D eigenvalue weighted by Gasteiger charge is 2.36. The van der Waals surface area contributed by atoms with Gasteiger partial charge in [0.25, 0.3) is 11.8 Å². The predicted molar refractivity (Wildman–Crippen MR) is 311 cm³/mol. The van der Waals surface area contributed by atoms with E-state index in [9.17, 15) is 28.8 Å². The third kappa shape index (κ3) is 42.5. The Morgan fingerprint density at radius 3 is 0.953 bits per heavy atom. The Bertz CT molecular complexity index is 1870. The van der Waals surface area contributed by atoms with Crippen molar-refractivity contribution in [2.75, 3.05) is 198 Å². The van der Waals surface area contributed by atoms with Crippen LogP contribution in [0.15, 0.2) is 24.3 Å². The van der Waals surface area contributed by atoms with Crippen LogP contribution >= 0.6 is 0 Å². The fourth-order valence-corrected chi connectivity index (χ4v) is 7.28. The first kappa shape index (κ1) is 77.7. The van der Waals surface area contributed by atoms with Crippen molar-refractivity contribution in [3.8, 4) is 0 Å². The second-order valence-electron chi connectivity index (χ2n) is 22.3. The summed E-state index contributed by atoms with van der Waals surface area (Å²) in [6, 6.07) is 6.78. The van der Waals surface area contributed by atoms with Crippen molar-refractivity contribution in [2.45, 2.75) is 117 Å². The number of fused-ring (bicyclic) bond motifs is 1. The maximum atomic E-state index is 13.4. The minimum absolute atomic E-state index is 0.00971. The van der Waals surface area contributed by atoms with Crippen LogP contribution in [0.2, 0.25) is 0 Å². The fourth-order valence-electron chi connectivity index (χ4n) is 7.28. The molecule has 3 amide bonds. The maximum absolute atomic E-state index is 13.4. The molecular weight excluding hydrogens is 1130 g/mol. The van der Waals surface area contributed by atoms with E-state index < -0.39 is 46.3 Å². The molecule has 496 valence electrons. The zero-order chi connectivity index (χ0) is 63.2. The molecule has 26 heteroatoms. The number of rotatable bonds is 55. The van der Waals surface area contributed by atoms with Crippen LogP contribution < -0.4 is 5.32 Å². The van der Waals surface area contributed by atoms with E-state index in [1.54, 1.807) is 86.6 Å². The summed E-state index contributed by atoms with van der Waals surface area (Å²) in [5.41, 5.74) is -2.73. The molecule has 1 heterocycles. The first-order valence-electron chi connectivity index (χ1n) is 29.7.